The van der Waals surface area contributed by atoms with Crippen LogP contribution in [0.15, 0.2) is 24.3 Å². The van der Waals surface area contributed by atoms with Gasteiger partial charge in [0.25, 0.3) is 0 Å². The van der Waals surface area contributed by atoms with Gasteiger partial charge < -0.3 is 9.80 Å². The van der Waals surface area contributed by atoms with E-state index >= 15 is 0 Å². The fourth-order valence-corrected chi connectivity index (χ4v) is 1.67. The quantitative estimate of drug-likeness (QED) is 0.723. The number of anilines is 2. The molecule has 78 valence electrons. The van der Waals surface area contributed by atoms with E-state index in [4.69, 9.17) is 0 Å². The molecule has 0 fully saturated rings. The zero-order chi connectivity index (χ0) is 10.6. The first-order chi connectivity index (χ1) is 6.70. The Hall–Kier alpha value is -1.18. The van der Waals surface area contributed by atoms with Crippen molar-refractivity contribution in [3.63, 3.8) is 0 Å². The predicted octanol–water partition coefficient (Wildman–Crippen LogP) is 2.60. The summed E-state index contributed by atoms with van der Waals surface area (Å²) in [5.74, 6) is 0. The molecule has 0 N–H and O–H groups in total. The summed E-state index contributed by atoms with van der Waals surface area (Å²) in [5.41, 5.74) is 2.61. The van der Waals surface area contributed by atoms with Gasteiger partial charge in [-0.05, 0) is 26.0 Å². The maximum Gasteiger partial charge on any atom is 0.0603 e. The van der Waals surface area contributed by atoms with Gasteiger partial charge in [0, 0.05) is 27.2 Å². The van der Waals surface area contributed by atoms with Crippen molar-refractivity contribution >= 4 is 11.4 Å². The van der Waals surface area contributed by atoms with Gasteiger partial charge in [-0.3, -0.25) is 0 Å². The van der Waals surface area contributed by atoms with E-state index in [1.165, 1.54) is 11.4 Å². The van der Waals surface area contributed by atoms with Crippen LogP contribution in [0.4, 0.5) is 11.4 Å². The first kappa shape index (κ1) is 10.9. The van der Waals surface area contributed by atoms with E-state index in [1.54, 1.807) is 0 Å². The van der Waals surface area contributed by atoms with E-state index in [-0.39, 0.29) is 0 Å². The fourth-order valence-electron chi connectivity index (χ4n) is 1.67. The first-order valence-electron chi connectivity index (χ1n) is 5.22. The summed E-state index contributed by atoms with van der Waals surface area (Å²) in [5, 5.41) is 0. The maximum atomic E-state index is 2.37. The van der Waals surface area contributed by atoms with Crippen molar-refractivity contribution in [3.05, 3.63) is 24.3 Å². The van der Waals surface area contributed by atoms with Crippen molar-refractivity contribution in [1.29, 1.82) is 0 Å². The van der Waals surface area contributed by atoms with Gasteiger partial charge in [-0.15, -0.1) is 0 Å². The highest BCUT2D eigenvalue weighted by atomic mass is 15.2. The van der Waals surface area contributed by atoms with Crippen LogP contribution in [0.5, 0.6) is 0 Å². The van der Waals surface area contributed by atoms with Crippen molar-refractivity contribution in [3.8, 4) is 0 Å². The number of nitrogens with zero attached hydrogens (tertiary/aromatic N) is 2. The Bertz CT molecular complexity index is 277. The van der Waals surface area contributed by atoms with Gasteiger partial charge in [0.2, 0.25) is 0 Å². The Labute approximate surface area is 87.1 Å². The van der Waals surface area contributed by atoms with Crippen molar-refractivity contribution in [2.45, 2.75) is 13.8 Å². The molecule has 0 saturated carbocycles. The summed E-state index contributed by atoms with van der Waals surface area (Å²) in [7, 11) is 4.17. The molecule has 1 aromatic carbocycles. The molecular weight excluding hydrogens is 172 g/mol. The zero-order valence-electron chi connectivity index (χ0n) is 9.62. The van der Waals surface area contributed by atoms with Gasteiger partial charge in [-0.1, -0.05) is 12.1 Å². The molecule has 2 heteroatoms. The molecule has 0 heterocycles. The third-order valence-corrected chi connectivity index (χ3v) is 2.47. The average Bonchev–Trinajstić information content (AvgIpc) is 2.20. The van der Waals surface area contributed by atoms with Gasteiger partial charge in [-0.2, -0.15) is 0 Å². The van der Waals surface area contributed by atoms with Crippen LogP contribution in [0.1, 0.15) is 13.8 Å². The Morgan fingerprint density at radius 3 is 1.86 bits per heavy atom. The molecule has 0 aliphatic carbocycles. The van der Waals surface area contributed by atoms with E-state index in [2.05, 4.69) is 62.0 Å². The van der Waals surface area contributed by atoms with Crippen molar-refractivity contribution in [2.75, 3.05) is 37.0 Å². The Kier molecular flexibility index (Phi) is 3.81. The molecule has 14 heavy (non-hydrogen) atoms. The monoisotopic (exact) mass is 192 g/mol. The second kappa shape index (κ2) is 4.89. The van der Waals surface area contributed by atoms with E-state index < -0.39 is 0 Å². The highest BCUT2D eigenvalue weighted by Gasteiger charge is 2.07. The molecule has 1 rings (SSSR count). The molecule has 0 aromatic heterocycles. The van der Waals surface area contributed by atoms with Crippen LogP contribution in [-0.2, 0) is 0 Å². The standard InChI is InChI=1S/C12H20N2/c1-5-14(6-2)12-10-8-7-9-11(12)13(3)4/h7-10H,5-6H2,1-4H3. The van der Waals surface area contributed by atoms with Gasteiger partial charge in [0.15, 0.2) is 0 Å². The van der Waals surface area contributed by atoms with Gasteiger partial charge >= 0.3 is 0 Å². The Morgan fingerprint density at radius 1 is 0.929 bits per heavy atom. The number of benzene rings is 1. The lowest BCUT2D eigenvalue weighted by Crippen LogP contribution is -2.24. The lowest BCUT2D eigenvalue weighted by atomic mass is 10.2. The van der Waals surface area contributed by atoms with Crippen LogP contribution in [-0.4, -0.2) is 27.2 Å². The topological polar surface area (TPSA) is 6.48 Å². The lowest BCUT2D eigenvalue weighted by Gasteiger charge is -2.26. The molecule has 0 spiro atoms. The largest absolute Gasteiger partial charge is 0.376 e. The minimum atomic E-state index is 1.06. The van der Waals surface area contributed by atoms with Crippen LogP contribution < -0.4 is 9.80 Å². The highest BCUT2D eigenvalue weighted by molar-refractivity contribution is 5.70. The van der Waals surface area contributed by atoms with Crippen LogP contribution in [0.2, 0.25) is 0 Å². The minimum Gasteiger partial charge on any atom is -0.376 e. The molecule has 0 saturated heterocycles. The van der Waals surface area contributed by atoms with Crippen LogP contribution >= 0.6 is 0 Å². The summed E-state index contributed by atoms with van der Waals surface area (Å²) in [6.07, 6.45) is 0. The number of rotatable bonds is 4. The first-order valence-corrected chi connectivity index (χ1v) is 5.22. The lowest BCUT2D eigenvalue weighted by molar-refractivity contribution is 0.863. The summed E-state index contributed by atoms with van der Waals surface area (Å²) >= 11 is 0. The van der Waals surface area contributed by atoms with E-state index in [0.717, 1.165) is 13.1 Å². The van der Waals surface area contributed by atoms with Crippen molar-refractivity contribution in [1.82, 2.24) is 0 Å². The number of hydrogen-bond donors (Lipinski definition) is 0. The number of para-hydroxylation sites is 2. The average molecular weight is 192 g/mol. The molecule has 0 atom stereocenters. The number of hydrogen-bond acceptors (Lipinski definition) is 2. The smallest absolute Gasteiger partial charge is 0.0603 e. The van der Waals surface area contributed by atoms with Crippen molar-refractivity contribution < 1.29 is 0 Å². The maximum absolute atomic E-state index is 2.37. The van der Waals surface area contributed by atoms with Gasteiger partial charge in [0.05, 0.1) is 11.4 Å². The minimum absolute atomic E-state index is 1.06. The van der Waals surface area contributed by atoms with Crippen molar-refractivity contribution in [2.24, 2.45) is 0 Å². The van der Waals surface area contributed by atoms with E-state index in [1.807, 2.05) is 0 Å². The molecule has 0 unspecified atom stereocenters. The van der Waals surface area contributed by atoms with E-state index in [0.29, 0.717) is 0 Å². The fraction of sp³-hybridized carbons (Fsp3) is 0.500. The SMILES string of the molecule is CCN(CC)c1ccccc1N(C)C. The molecule has 2 nitrogen and oxygen atoms in total. The Balaban J connectivity index is 3.05. The Morgan fingerprint density at radius 2 is 1.43 bits per heavy atom. The molecule has 1 aromatic rings. The third kappa shape index (κ3) is 2.19. The normalized spacial score (nSPS) is 10.0. The summed E-state index contributed by atoms with van der Waals surface area (Å²) < 4.78 is 0. The van der Waals surface area contributed by atoms with Gasteiger partial charge in [-0.25, -0.2) is 0 Å². The molecule has 0 radical (unpaired) electrons. The summed E-state index contributed by atoms with van der Waals surface area (Å²) in [6.45, 7) is 6.49. The van der Waals surface area contributed by atoms with Crippen LogP contribution in [0.25, 0.3) is 0 Å². The molecule has 0 amide bonds. The zero-order valence-corrected chi connectivity index (χ0v) is 9.62. The molecule has 0 aliphatic heterocycles. The molecule has 0 bridgehead atoms. The third-order valence-electron chi connectivity index (χ3n) is 2.47. The second-order valence-electron chi connectivity index (χ2n) is 3.56. The van der Waals surface area contributed by atoms with Gasteiger partial charge in [0.1, 0.15) is 0 Å². The molecular formula is C12H20N2. The summed E-state index contributed by atoms with van der Waals surface area (Å²) in [6, 6.07) is 8.53. The highest BCUT2D eigenvalue weighted by Crippen LogP contribution is 2.27. The summed E-state index contributed by atoms with van der Waals surface area (Å²) in [4.78, 5) is 4.53. The van der Waals surface area contributed by atoms with Crippen LogP contribution in [0, 0.1) is 0 Å². The van der Waals surface area contributed by atoms with E-state index in [9.17, 15) is 0 Å². The predicted molar refractivity (Wildman–Crippen MR) is 64.3 cm³/mol. The van der Waals surface area contributed by atoms with Crippen LogP contribution in [0.3, 0.4) is 0 Å². The molecule has 0 aliphatic rings. The second-order valence-corrected chi connectivity index (χ2v) is 3.56.